The van der Waals surface area contributed by atoms with Gasteiger partial charge in [-0.25, -0.2) is 9.78 Å². The zero-order chi connectivity index (χ0) is 15.7. The zero-order valence-corrected chi connectivity index (χ0v) is 12.7. The summed E-state index contributed by atoms with van der Waals surface area (Å²) in [4.78, 5) is 30.1. The third-order valence-corrected chi connectivity index (χ3v) is 4.06. The van der Waals surface area contributed by atoms with Gasteiger partial charge in [0.1, 0.15) is 10.7 Å². The van der Waals surface area contributed by atoms with Crippen LogP contribution in [-0.4, -0.2) is 21.8 Å². The van der Waals surface area contributed by atoms with E-state index >= 15 is 0 Å². The Morgan fingerprint density at radius 1 is 1.18 bits per heavy atom. The number of nitrogens with one attached hydrogen (secondary N) is 1. The zero-order valence-electron chi connectivity index (χ0n) is 11.9. The molecule has 6 heteroatoms. The number of aromatic nitrogens is 1. The highest BCUT2D eigenvalue weighted by Crippen LogP contribution is 2.32. The molecule has 1 unspecified atom stereocenters. The van der Waals surface area contributed by atoms with Gasteiger partial charge in [0.15, 0.2) is 0 Å². The van der Waals surface area contributed by atoms with Crippen LogP contribution in [0.1, 0.15) is 18.1 Å². The lowest BCUT2D eigenvalue weighted by Gasteiger charge is -2.22. The van der Waals surface area contributed by atoms with Crippen molar-refractivity contribution in [1.82, 2.24) is 15.2 Å². The van der Waals surface area contributed by atoms with Gasteiger partial charge in [-0.05, 0) is 18.6 Å². The summed E-state index contributed by atoms with van der Waals surface area (Å²) < 4.78 is 0. The SMILES string of the molecule is CC1(c2cccnc2Cl)NC(=O)N(Cc2ccccc2)C1=O. The van der Waals surface area contributed by atoms with Crippen LogP contribution in [0.25, 0.3) is 0 Å². The van der Waals surface area contributed by atoms with Crippen molar-refractivity contribution in [2.45, 2.75) is 19.0 Å². The summed E-state index contributed by atoms with van der Waals surface area (Å²) in [5.41, 5.74) is 0.176. The summed E-state index contributed by atoms with van der Waals surface area (Å²) in [6.07, 6.45) is 1.54. The van der Waals surface area contributed by atoms with Gasteiger partial charge in [0.05, 0.1) is 6.54 Å². The minimum absolute atomic E-state index is 0.209. The first-order valence-corrected chi connectivity index (χ1v) is 7.19. The van der Waals surface area contributed by atoms with E-state index in [1.54, 1.807) is 19.1 Å². The molecular weight excluding hydrogens is 302 g/mol. The van der Waals surface area contributed by atoms with E-state index in [1.165, 1.54) is 11.1 Å². The van der Waals surface area contributed by atoms with Crippen LogP contribution < -0.4 is 5.32 Å². The lowest BCUT2D eigenvalue weighted by Crippen LogP contribution is -2.41. The molecule has 112 valence electrons. The van der Waals surface area contributed by atoms with E-state index in [2.05, 4.69) is 10.3 Å². The maximum absolute atomic E-state index is 12.8. The van der Waals surface area contributed by atoms with E-state index in [0.717, 1.165) is 5.56 Å². The smallest absolute Gasteiger partial charge is 0.319 e. The van der Waals surface area contributed by atoms with Crippen LogP contribution in [0.3, 0.4) is 0 Å². The molecule has 1 fully saturated rings. The maximum atomic E-state index is 12.8. The largest absolute Gasteiger partial charge is 0.325 e. The second kappa shape index (κ2) is 5.42. The third kappa shape index (κ3) is 2.33. The Morgan fingerprint density at radius 2 is 1.91 bits per heavy atom. The molecule has 2 heterocycles. The Hall–Kier alpha value is -2.40. The van der Waals surface area contributed by atoms with E-state index < -0.39 is 11.6 Å². The Labute approximate surface area is 132 Å². The molecule has 0 saturated carbocycles. The van der Waals surface area contributed by atoms with Crippen LogP contribution in [-0.2, 0) is 16.9 Å². The number of pyridine rings is 1. The number of nitrogens with zero attached hydrogens (tertiary/aromatic N) is 2. The van der Waals surface area contributed by atoms with Gasteiger partial charge in [-0.1, -0.05) is 48.0 Å². The molecule has 0 bridgehead atoms. The number of carbonyl (C=O) groups is 2. The molecule has 1 aliphatic rings. The van der Waals surface area contributed by atoms with E-state index in [-0.39, 0.29) is 17.6 Å². The van der Waals surface area contributed by atoms with E-state index in [0.29, 0.717) is 5.56 Å². The predicted octanol–water partition coefficient (Wildman–Crippen LogP) is 2.70. The molecule has 1 aromatic heterocycles. The molecule has 1 aromatic carbocycles. The Kier molecular flexibility index (Phi) is 3.58. The molecule has 0 spiro atoms. The van der Waals surface area contributed by atoms with Crippen LogP contribution in [0.15, 0.2) is 48.7 Å². The Bertz CT molecular complexity index is 735. The van der Waals surface area contributed by atoms with Crippen LogP contribution in [0.2, 0.25) is 5.15 Å². The molecule has 22 heavy (non-hydrogen) atoms. The topological polar surface area (TPSA) is 62.3 Å². The van der Waals surface area contributed by atoms with Crippen molar-refractivity contribution >= 4 is 23.5 Å². The lowest BCUT2D eigenvalue weighted by molar-refractivity contribution is -0.131. The van der Waals surface area contributed by atoms with Crippen molar-refractivity contribution in [2.75, 3.05) is 0 Å². The van der Waals surface area contributed by atoms with Gasteiger partial charge in [-0.3, -0.25) is 9.69 Å². The first-order valence-electron chi connectivity index (χ1n) is 6.81. The molecule has 1 saturated heterocycles. The standard InChI is InChI=1S/C16H14ClN3O2/c1-16(12-8-5-9-18-13(12)17)14(21)20(15(22)19-16)10-11-6-3-2-4-7-11/h2-9H,10H2,1H3,(H,19,22). The highest BCUT2D eigenvalue weighted by atomic mass is 35.5. The highest BCUT2D eigenvalue weighted by molar-refractivity contribution is 6.30. The molecule has 1 aliphatic heterocycles. The minimum Gasteiger partial charge on any atom is -0.319 e. The van der Waals surface area contributed by atoms with Crippen molar-refractivity contribution in [1.29, 1.82) is 0 Å². The predicted molar refractivity (Wildman–Crippen MR) is 82.1 cm³/mol. The lowest BCUT2D eigenvalue weighted by atomic mass is 9.93. The number of hydrogen-bond donors (Lipinski definition) is 1. The number of urea groups is 1. The van der Waals surface area contributed by atoms with Gasteiger partial charge in [0.2, 0.25) is 0 Å². The fraction of sp³-hybridized carbons (Fsp3) is 0.188. The number of halogens is 1. The second-order valence-electron chi connectivity index (χ2n) is 5.27. The van der Waals surface area contributed by atoms with Crippen molar-refractivity contribution in [3.8, 4) is 0 Å². The van der Waals surface area contributed by atoms with Crippen molar-refractivity contribution in [3.63, 3.8) is 0 Å². The quantitative estimate of drug-likeness (QED) is 0.699. The molecule has 0 aliphatic carbocycles. The normalized spacial score (nSPS) is 21.1. The Balaban J connectivity index is 1.93. The number of rotatable bonds is 3. The average molecular weight is 316 g/mol. The first kappa shape index (κ1) is 14.5. The number of carbonyl (C=O) groups excluding carboxylic acids is 2. The molecule has 0 radical (unpaired) electrons. The molecule has 5 nitrogen and oxygen atoms in total. The number of imide groups is 1. The fourth-order valence-corrected chi connectivity index (χ4v) is 2.86. The van der Waals surface area contributed by atoms with Gasteiger partial charge in [-0.2, -0.15) is 0 Å². The summed E-state index contributed by atoms with van der Waals surface area (Å²) in [6.45, 7) is 1.86. The number of hydrogen-bond acceptors (Lipinski definition) is 3. The van der Waals surface area contributed by atoms with Gasteiger partial charge in [0, 0.05) is 11.8 Å². The fourth-order valence-electron chi connectivity index (χ4n) is 2.55. The molecule has 3 rings (SSSR count). The first-order chi connectivity index (χ1) is 10.5. The summed E-state index contributed by atoms with van der Waals surface area (Å²) in [5, 5.41) is 2.93. The molecule has 1 atom stereocenters. The van der Waals surface area contributed by atoms with Gasteiger partial charge < -0.3 is 5.32 Å². The van der Waals surface area contributed by atoms with Gasteiger partial charge in [-0.15, -0.1) is 0 Å². The van der Waals surface area contributed by atoms with Crippen molar-refractivity contribution in [3.05, 3.63) is 64.9 Å². The van der Waals surface area contributed by atoms with Gasteiger partial charge in [0.25, 0.3) is 5.91 Å². The number of benzene rings is 1. The molecule has 1 N–H and O–H groups in total. The van der Waals surface area contributed by atoms with E-state index in [4.69, 9.17) is 11.6 Å². The van der Waals surface area contributed by atoms with Crippen LogP contribution >= 0.6 is 11.6 Å². The maximum Gasteiger partial charge on any atom is 0.325 e. The Morgan fingerprint density at radius 3 is 2.59 bits per heavy atom. The van der Waals surface area contributed by atoms with E-state index in [9.17, 15) is 9.59 Å². The summed E-state index contributed by atoms with van der Waals surface area (Å²) in [5.74, 6) is -0.337. The molecule has 2 aromatic rings. The van der Waals surface area contributed by atoms with Crippen LogP contribution in [0.4, 0.5) is 4.79 Å². The van der Waals surface area contributed by atoms with Gasteiger partial charge >= 0.3 is 6.03 Å². The van der Waals surface area contributed by atoms with Crippen molar-refractivity contribution in [2.24, 2.45) is 0 Å². The monoisotopic (exact) mass is 315 g/mol. The third-order valence-electron chi connectivity index (χ3n) is 3.76. The average Bonchev–Trinajstić information content (AvgIpc) is 2.73. The van der Waals surface area contributed by atoms with Crippen LogP contribution in [0, 0.1) is 0 Å². The minimum atomic E-state index is -1.20. The number of amides is 3. The summed E-state index contributed by atoms with van der Waals surface area (Å²) >= 11 is 6.08. The van der Waals surface area contributed by atoms with E-state index in [1.807, 2.05) is 30.3 Å². The van der Waals surface area contributed by atoms with Crippen molar-refractivity contribution < 1.29 is 9.59 Å². The highest BCUT2D eigenvalue weighted by Gasteiger charge is 2.50. The molecule has 3 amide bonds. The molecular formula is C16H14ClN3O2. The summed E-state index contributed by atoms with van der Waals surface area (Å²) in [7, 11) is 0. The van der Waals surface area contributed by atoms with Crippen LogP contribution in [0.5, 0.6) is 0 Å². The summed E-state index contributed by atoms with van der Waals surface area (Å²) in [6, 6.07) is 12.3. The second-order valence-corrected chi connectivity index (χ2v) is 5.63.